The summed E-state index contributed by atoms with van der Waals surface area (Å²) in [6.45, 7) is 8.17. The summed E-state index contributed by atoms with van der Waals surface area (Å²) in [5.74, 6) is 0.611. The Balaban J connectivity index is 2.02. The van der Waals surface area contributed by atoms with E-state index in [1.165, 1.54) is 24.1 Å². The van der Waals surface area contributed by atoms with E-state index >= 15 is 0 Å². The largest absolute Gasteiger partial charge is 0.379 e. The fraction of sp³-hybridized carbons (Fsp3) is 0.647. The van der Waals surface area contributed by atoms with Gasteiger partial charge >= 0.3 is 0 Å². The number of benzene rings is 1. The van der Waals surface area contributed by atoms with Crippen molar-refractivity contribution in [2.75, 3.05) is 38.3 Å². The van der Waals surface area contributed by atoms with E-state index < -0.39 is 0 Å². The minimum Gasteiger partial charge on any atom is -0.379 e. The van der Waals surface area contributed by atoms with E-state index in [0.29, 0.717) is 12.0 Å². The molecule has 0 aliphatic carbocycles. The molecule has 0 amide bonds. The summed E-state index contributed by atoms with van der Waals surface area (Å²) in [5, 5.41) is 3.44. The van der Waals surface area contributed by atoms with Gasteiger partial charge in [0.15, 0.2) is 0 Å². The Labute approximate surface area is 123 Å². The minimum absolute atomic E-state index is 0.479. The third kappa shape index (κ3) is 3.97. The predicted octanol–water partition coefficient (Wildman–Crippen LogP) is 3.22. The molecule has 1 aromatic rings. The van der Waals surface area contributed by atoms with Crippen LogP contribution < -0.4 is 10.2 Å². The zero-order valence-corrected chi connectivity index (χ0v) is 13.1. The molecule has 1 atom stereocenters. The van der Waals surface area contributed by atoms with E-state index in [9.17, 15) is 0 Å². The van der Waals surface area contributed by atoms with Gasteiger partial charge in [0.2, 0.25) is 0 Å². The third-order valence-corrected chi connectivity index (χ3v) is 3.88. The lowest BCUT2D eigenvalue weighted by Crippen LogP contribution is -2.28. The first-order chi connectivity index (χ1) is 9.72. The van der Waals surface area contributed by atoms with Crippen LogP contribution in [0.25, 0.3) is 0 Å². The van der Waals surface area contributed by atoms with Crippen LogP contribution in [-0.2, 0) is 4.74 Å². The van der Waals surface area contributed by atoms with Gasteiger partial charge in [-0.3, -0.25) is 0 Å². The van der Waals surface area contributed by atoms with Gasteiger partial charge in [0.1, 0.15) is 0 Å². The highest BCUT2D eigenvalue weighted by atomic mass is 16.5. The van der Waals surface area contributed by atoms with Crippen molar-refractivity contribution < 1.29 is 4.74 Å². The van der Waals surface area contributed by atoms with Crippen molar-refractivity contribution in [1.29, 1.82) is 0 Å². The van der Waals surface area contributed by atoms with Crippen LogP contribution >= 0.6 is 0 Å². The second-order valence-electron chi connectivity index (χ2n) is 6.00. The summed E-state index contributed by atoms with van der Waals surface area (Å²) in [7, 11) is 2.06. The number of hydrogen-bond donors (Lipinski definition) is 1. The van der Waals surface area contributed by atoms with Crippen LogP contribution in [-0.4, -0.2) is 33.4 Å². The Morgan fingerprint density at radius 3 is 2.90 bits per heavy atom. The van der Waals surface area contributed by atoms with Crippen LogP contribution in [0.15, 0.2) is 24.3 Å². The molecule has 0 aromatic heterocycles. The molecule has 1 N–H and O–H groups in total. The zero-order valence-electron chi connectivity index (χ0n) is 13.1. The van der Waals surface area contributed by atoms with Crippen LogP contribution in [0.1, 0.15) is 38.3 Å². The van der Waals surface area contributed by atoms with Gasteiger partial charge in [0.05, 0.1) is 6.61 Å². The monoisotopic (exact) mass is 276 g/mol. The molecule has 2 rings (SSSR count). The normalized spacial score (nSPS) is 19.0. The van der Waals surface area contributed by atoms with E-state index in [0.717, 1.165) is 26.3 Å². The molecule has 1 aliphatic heterocycles. The van der Waals surface area contributed by atoms with Gasteiger partial charge in [0, 0.05) is 31.4 Å². The lowest BCUT2D eigenvalue weighted by molar-refractivity contribution is 0.115. The first-order valence-corrected chi connectivity index (χ1v) is 7.81. The molecule has 0 radical (unpaired) electrons. The smallest absolute Gasteiger partial charge is 0.0641 e. The average molecular weight is 276 g/mol. The molecule has 3 nitrogen and oxygen atoms in total. The lowest BCUT2D eigenvalue weighted by Gasteiger charge is -2.26. The SMILES string of the molecule is CNC1CCCN(CCOCC(C)C)c2ccccc21. The molecular formula is C17H28N2O. The van der Waals surface area contributed by atoms with Crippen LogP contribution in [0, 0.1) is 5.92 Å². The maximum Gasteiger partial charge on any atom is 0.0641 e. The third-order valence-electron chi connectivity index (χ3n) is 3.88. The molecule has 0 saturated carbocycles. The fourth-order valence-electron chi connectivity index (χ4n) is 2.86. The van der Waals surface area contributed by atoms with E-state index in [2.05, 4.69) is 55.4 Å². The Hall–Kier alpha value is -1.06. The van der Waals surface area contributed by atoms with Crippen LogP contribution in [0.4, 0.5) is 5.69 Å². The highest BCUT2D eigenvalue weighted by molar-refractivity contribution is 5.55. The predicted molar refractivity (Wildman–Crippen MR) is 85.3 cm³/mol. The zero-order chi connectivity index (χ0) is 14.4. The Kier molecular flexibility index (Phi) is 5.86. The molecule has 0 saturated heterocycles. The summed E-state index contributed by atoms with van der Waals surface area (Å²) in [6, 6.07) is 9.26. The fourth-order valence-corrected chi connectivity index (χ4v) is 2.86. The lowest BCUT2D eigenvalue weighted by atomic mass is 10.0. The van der Waals surface area contributed by atoms with Crippen molar-refractivity contribution >= 4 is 5.69 Å². The minimum atomic E-state index is 0.479. The van der Waals surface area contributed by atoms with Gasteiger partial charge in [0.25, 0.3) is 0 Å². The average Bonchev–Trinajstić information content (AvgIpc) is 2.63. The summed E-state index contributed by atoms with van der Waals surface area (Å²) in [4.78, 5) is 2.48. The Bertz CT molecular complexity index is 406. The molecule has 1 aromatic carbocycles. The van der Waals surface area contributed by atoms with Crippen molar-refractivity contribution in [3.63, 3.8) is 0 Å². The second kappa shape index (κ2) is 7.65. The Morgan fingerprint density at radius 1 is 1.35 bits per heavy atom. The number of fused-ring (bicyclic) bond motifs is 1. The highest BCUT2D eigenvalue weighted by Gasteiger charge is 2.21. The first-order valence-electron chi connectivity index (χ1n) is 7.81. The van der Waals surface area contributed by atoms with Gasteiger partial charge < -0.3 is 15.0 Å². The van der Waals surface area contributed by atoms with Crippen LogP contribution in [0.2, 0.25) is 0 Å². The first kappa shape index (κ1) is 15.3. The molecular weight excluding hydrogens is 248 g/mol. The van der Waals surface area contributed by atoms with E-state index in [-0.39, 0.29) is 0 Å². The molecule has 3 heteroatoms. The van der Waals surface area contributed by atoms with Gasteiger partial charge in [-0.15, -0.1) is 0 Å². The van der Waals surface area contributed by atoms with Gasteiger partial charge in [-0.2, -0.15) is 0 Å². The van der Waals surface area contributed by atoms with E-state index in [4.69, 9.17) is 4.74 Å². The molecule has 0 fully saturated rings. The number of ether oxygens (including phenoxy) is 1. The standard InChI is InChI=1S/C17H28N2O/c1-14(2)13-20-12-11-19-10-6-8-16(18-3)15-7-4-5-9-17(15)19/h4-5,7,9,14,16,18H,6,8,10-13H2,1-3H3. The van der Waals surface area contributed by atoms with E-state index in [1.54, 1.807) is 0 Å². The number of anilines is 1. The molecule has 20 heavy (non-hydrogen) atoms. The number of hydrogen-bond acceptors (Lipinski definition) is 3. The molecule has 1 aliphatic rings. The van der Waals surface area contributed by atoms with Gasteiger partial charge in [-0.1, -0.05) is 32.0 Å². The maximum absolute atomic E-state index is 5.75. The molecule has 1 unspecified atom stereocenters. The number of rotatable bonds is 6. The van der Waals surface area contributed by atoms with Crippen molar-refractivity contribution in [3.8, 4) is 0 Å². The van der Waals surface area contributed by atoms with Crippen molar-refractivity contribution in [2.24, 2.45) is 5.92 Å². The quantitative estimate of drug-likeness (QED) is 0.807. The molecule has 112 valence electrons. The summed E-state index contributed by atoms with van der Waals surface area (Å²) in [5.41, 5.74) is 2.80. The summed E-state index contributed by atoms with van der Waals surface area (Å²) < 4.78 is 5.75. The van der Waals surface area contributed by atoms with E-state index in [1.807, 2.05) is 0 Å². The highest BCUT2D eigenvalue weighted by Crippen LogP contribution is 2.32. The summed E-state index contributed by atoms with van der Waals surface area (Å²) in [6.07, 6.45) is 2.43. The maximum atomic E-state index is 5.75. The van der Waals surface area contributed by atoms with Crippen LogP contribution in [0.3, 0.4) is 0 Å². The van der Waals surface area contributed by atoms with Crippen molar-refractivity contribution in [3.05, 3.63) is 29.8 Å². The molecule has 0 bridgehead atoms. The summed E-state index contributed by atoms with van der Waals surface area (Å²) >= 11 is 0. The van der Waals surface area contributed by atoms with Crippen molar-refractivity contribution in [1.82, 2.24) is 5.32 Å². The van der Waals surface area contributed by atoms with Gasteiger partial charge in [-0.25, -0.2) is 0 Å². The molecule has 0 spiro atoms. The topological polar surface area (TPSA) is 24.5 Å². The Morgan fingerprint density at radius 2 is 2.15 bits per heavy atom. The number of nitrogens with zero attached hydrogens (tertiary/aromatic N) is 1. The molecule has 1 heterocycles. The van der Waals surface area contributed by atoms with Crippen LogP contribution in [0.5, 0.6) is 0 Å². The number of nitrogens with one attached hydrogen (secondary N) is 1. The van der Waals surface area contributed by atoms with Crippen molar-refractivity contribution in [2.45, 2.75) is 32.7 Å². The number of para-hydroxylation sites is 1. The second-order valence-corrected chi connectivity index (χ2v) is 6.00. The van der Waals surface area contributed by atoms with Gasteiger partial charge in [-0.05, 0) is 37.4 Å².